The zero-order valence-corrected chi connectivity index (χ0v) is 18.5. The number of hydrogen-bond acceptors (Lipinski definition) is 7. The normalized spacial score (nSPS) is 14.0. The molecule has 0 atom stereocenters. The number of nitrogens with one attached hydrogen (secondary N) is 1. The summed E-state index contributed by atoms with van der Waals surface area (Å²) in [6, 6.07) is 8.97. The quantitative estimate of drug-likeness (QED) is 0.363. The SMILES string of the molecule is COc1ccc(-[n+]2[nH]oc(=O)c2C(=O)c2sc3nc4c(cc3c2N)CCCCCC4)cc1. The van der Waals surface area contributed by atoms with Crippen LogP contribution in [0.3, 0.4) is 0 Å². The molecule has 3 N–H and O–H groups in total. The van der Waals surface area contributed by atoms with Gasteiger partial charge in [-0.05, 0) is 59.4 Å². The van der Waals surface area contributed by atoms with Gasteiger partial charge in [-0.25, -0.2) is 9.78 Å². The number of aromatic amines is 1. The van der Waals surface area contributed by atoms with E-state index in [9.17, 15) is 9.59 Å². The Bertz CT molecular complexity index is 1370. The third-order valence-electron chi connectivity index (χ3n) is 5.90. The Morgan fingerprint density at radius 1 is 1.19 bits per heavy atom. The Balaban J connectivity index is 1.59. The summed E-state index contributed by atoms with van der Waals surface area (Å²) < 4.78 is 11.4. The van der Waals surface area contributed by atoms with Crippen LogP contribution in [0.4, 0.5) is 5.69 Å². The predicted octanol–water partition coefficient (Wildman–Crippen LogP) is 3.34. The number of nitrogen functional groups attached to an aromatic ring is 1. The lowest BCUT2D eigenvalue weighted by atomic mass is 9.96. The molecule has 0 bridgehead atoms. The van der Waals surface area contributed by atoms with Crippen molar-refractivity contribution in [3.63, 3.8) is 0 Å². The van der Waals surface area contributed by atoms with Crippen LogP contribution in [0.25, 0.3) is 15.9 Å². The van der Waals surface area contributed by atoms with Crippen molar-refractivity contribution in [2.75, 3.05) is 12.8 Å². The van der Waals surface area contributed by atoms with Gasteiger partial charge in [-0.15, -0.1) is 11.3 Å². The summed E-state index contributed by atoms with van der Waals surface area (Å²) in [7, 11) is 1.57. The number of aryl methyl sites for hydroxylation is 2. The number of anilines is 1. The van der Waals surface area contributed by atoms with E-state index in [0.717, 1.165) is 41.6 Å². The number of H-pyrrole nitrogens is 1. The van der Waals surface area contributed by atoms with Crippen LogP contribution < -0.4 is 20.8 Å². The number of nitrogens with zero attached hydrogens (tertiary/aromatic N) is 2. The standard InChI is InChI=1S/C23H22N4O4S/c1-30-15-10-8-14(9-11-15)27-19(23(29)31-26-27)20(28)21-18(24)16-12-13-6-4-2-3-5-7-17(13)25-22(16)32-21/h8-12H,2-7H2,1H3,(H2-,24,26,28,29)/p+1. The molecular formula is C23H23N4O4S+. The highest BCUT2D eigenvalue weighted by molar-refractivity contribution is 7.21. The van der Waals surface area contributed by atoms with Gasteiger partial charge >= 0.3 is 11.3 Å². The van der Waals surface area contributed by atoms with Gasteiger partial charge in [0.1, 0.15) is 15.5 Å². The lowest BCUT2D eigenvalue weighted by Gasteiger charge is -2.12. The third-order valence-corrected chi connectivity index (χ3v) is 7.01. The molecule has 1 aliphatic carbocycles. The fraction of sp³-hybridized carbons (Fsp3) is 0.304. The van der Waals surface area contributed by atoms with Crippen molar-refractivity contribution in [2.45, 2.75) is 38.5 Å². The van der Waals surface area contributed by atoms with Gasteiger partial charge in [-0.2, -0.15) is 0 Å². The Morgan fingerprint density at radius 2 is 1.94 bits per heavy atom. The predicted molar refractivity (Wildman–Crippen MR) is 121 cm³/mol. The number of ketones is 1. The lowest BCUT2D eigenvalue weighted by molar-refractivity contribution is -0.672. The fourth-order valence-electron chi connectivity index (χ4n) is 4.17. The molecule has 3 heterocycles. The average molecular weight is 452 g/mol. The van der Waals surface area contributed by atoms with Gasteiger partial charge in [0.05, 0.1) is 12.8 Å². The van der Waals surface area contributed by atoms with Gasteiger partial charge in [0.25, 0.3) is 5.78 Å². The van der Waals surface area contributed by atoms with E-state index in [1.165, 1.54) is 34.4 Å². The van der Waals surface area contributed by atoms with Crippen molar-refractivity contribution in [2.24, 2.45) is 0 Å². The fourth-order valence-corrected chi connectivity index (χ4v) is 5.21. The molecular weight excluding hydrogens is 428 g/mol. The zero-order valence-electron chi connectivity index (χ0n) is 17.6. The number of thiophene rings is 1. The summed E-state index contributed by atoms with van der Waals surface area (Å²) in [5.74, 6) is 0.159. The number of aromatic nitrogens is 3. The molecule has 3 aromatic heterocycles. The monoisotopic (exact) mass is 451 g/mol. The van der Waals surface area contributed by atoms with Crippen molar-refractivity contribution in [3.05, 3.63) is 62.6 Å². The molecule has 164 valence electrons. The summed E-state index contributed by atoms with van der Waals surface area (Å²) in [6.07, 6.45) is 6.58. The first kappa shape index (κ1) is 20.4. The molecule has 0 saturated carbocycles. The smallest absolute Gasteiger partial charge is 0.439 e. The van der Waals surface area contributed by atoms with Crippen molar-refractivity contribution in [3.8, 4) is 11.4 Å². The summed E-state index contributed by atoms with van der Waals surface area (Å²) in [5, 5.41) is 3.28. The van der Waals surface area contributed by atoms with Crippen LogP contribution in [0.15, 0.2) is 39.6 Å². The summed E-state index contributed by atoms with van der Waals surface area (Å²) in [5.41, 5.74) is 8.70. The molecule has 0 spiro atoms. The van der Waals surface area contributed by atoms with E-state index in [1.807, 2.05) is 0 Å². The highest BCUT2D eigenvalue weighted by Gasteiger charge is 2.34. The molecule has 0 aliphatic heterocycles. The number of carbonyl (C=O) groups is 1. The molecule has 0 amide bonds. The number of methoxy groups -OCH3 is 1. The van der Waals surface area contributed by atoms with E-state index in [0.29, 0.717) is 22.0 Å². The van der Waals surface area contributed by atoms with Crippen molar-refractivity contribution >= 4 is 33.0 Å². The van der Waals surface area contributed by atoms with Crippen molar-refractivity contribution < 1.29 is 18.7 Å². The molecule has 0 unspecified atom stereocenters. The van der Waals surface area contributed by atoms with E-state index < -0.39 is 11.4 Å². The molecule has 9 heteroatoms. The molecule has 5 rings (SSSR count). The average Bonchev–Trinajstić information content (AvgIpc) is 3.33. The maximum Gasteiger partial charge on any atom is 0.439 e. The first-order valence-corrected chi connectivity index (χ1v) is 11.4. The van der Waals surface area contributed by atoms with Crippen LogP contribution in [0.5, 0.6) is 5.75 Å². The highest BCUT2D eigenvalue weighted by atomic mass is 32.1. The maximum atomic E-state index is 13.4. The summed E-state index contributed by atoms with van der Waals surface area (Å²) in [6.45, 7) is 0. The van der Waals surface area contributed by atoms with Gasteiger partial charge in [0, 0.05) is 23.2 Å². The van der Waals surface area contributed by atoms with Crippen molar-refractivity contribution in [1.29, 1.82) is 0 Å². The minimum absolute atomic E-state index is 0.146. The van der Waals surface area contributed by atoms with E-state index in [4.69, 9.17) is 20.0 Å². The molecule has 4 aromatic rings. The lowest BCUT2D eigenvalue weighted by Crippen LogP contribution is -2.41. The third kappa shape index (κ3) is 3.48. The van der Waals surface area contributed by atoms with Crippen molar-refractivity contribution in [1.82, 2.24) is 10.3 Å². The number of pyridine rings is 1. The Kier molecular flexibility index (Phi) is 5.26. The number of benzene rings is 1. The van der Waals surface area contributed by atoms with Crippen LogP contribution in [0.2, 0.25) is 0 Å². The Labute approximate surface area is 187 Å². The minimum Gasteiger partial charge on any atom is -0.497 e. The van der Waals surface area contributed by atoms with E-state index in [2.05, 4.69) is 11.3 Å². The molecule has 0 fully saturated rings. The van der Waals surface area contributed by atoms with Gasteiger partial charge in [-0.1, -0.05) is 12.8 Å². The Morgan fingerprint density at radius 3 is 2.69 bits per heavy atom. The van der Waals surface area contributed by atoms with E-state index >= 15 is 0 Å². The van der Waals surface area contributed by atoms with Crippen LogP contribution in [0.1, 0.15) is 52.3 Å². The minimum atomic E-state index is -0.761. The first-order valence-electron chi connectivity index (χ1n) is 10.6. The zero-order chi connectivity index (χ0) is 22.2. The summed E-state index contributed by atoms with van der Waals surface area (Å²) in [4.78, 5) is 31.7. The largest absolute Gasteiger partial charge is 0.497 e. The van der Waals surface area contributed by atoms with E-state index in [1.54, 1.807) is 31.4 Å². The summed E-state index contributed by atoms with van der Waals surface area (Å²) >= 11 is 1.22. The second-order valence-corrected chi connectivity index (χ2v) is 8.90. The number of carbonyl (C=O) groups excluding carboxylic acids is 1. The molecule has 8 nitrogen and oxygen atoms in total. The van der Waals surface area contributed by atoms with Crippen LogP contribution >= 0.6 is 11.3 Å². The molecule has 1 aliphatic rings. The topological polar surface area (TPSA) is 115 Å². The molecule has 0 radical (unpaired) electrons. The van der Waals surface area contributed by atoms with Gasteiger partial charge < -0.3 is 10.5 Å². The number of ether oxygens (including phenoxy) is 1. The molecule has 1 aromatic carbocycles. The van der Waals surface area contributed by atoms with Gasteiger partial charge in [0.2, 0.25) is 5.69 Å². The van der Waals surface area contributed by atoms with E-state index in [-0.39, 0.29) is 5.69 Å². The second-order valence-electron chi connectivity index (χ2n) is 7.90. The molecule has 32 heavy (non-hydrogen) atoms. The van der Waals surface area contributed by atoms with Crippen LogP contribution in [-0.4, -0.2) is 23.1 Å². The first-order chi connectivity index (χ1) is 15.6. The van der Waals surface area contributed by atoms with Crippen LogP contribution in [-0.2, 0) is 12.8 Å². The van der Waals surface area contributed by atoms with Crippen LogP contribution in [0, 0.1) is 0 Å². The second kappa shape index (κ2) is 8.23. The number of nitrogens with two attached hydrogens (primary N) is 1. The van der Waals surface area contributed by atoms with Gasteiger partial charge in [0.15, 0.2) is 0 Å². The number of fused-ring (bicyclic) bond motifs is 2. The highest BCUT2D eigenvalue weighted by Crippen LogP contribution is 2.35. The van der Waals surface area contributed by atoms with Gasteiger partial charge in [-0.3, -0.25) is 9.32 Å². The number of hydrogen-bond donors (Lipinski definition) is 2. The Hall–Kier alpha value is -3.46. The maximum absolute atomic E-state index is 13.4. The number of rotatable bonds is 4. The molecule has 0 saturated heterocycles.